The molecule has 1 aliphatic heterocycles. The minimum atomic E-state index is -0.159. The highest BCUT2D eigenvalue weighted by molar-refractivity contribution is 7.14. The zero-order valence-corrected chi connectivity index (χ0v) is 12.7. The Bertz CT molecular complexity index is 709. The van der Waals surface area contributed by atoms with Crippen molar-refractivity contribution in [1.82, 2.24) is 0 Å². The lowest BCUT2D eigenvalue weighted by atomic mass is 10.2. The van der Waals surface area contributed by atoms with E-state index in [2.05, 4.69) is 12.2 Å². The maximum absolute atomic E-state index is 12.3. The summed E-state index contributed by atoms with van der Waals surface area (Å²) in [6, 6.07) is 5.26. The topological polar surface area (TPSA) is 73.6 Å². The Balaban J connectivity index is 1.84. The number of nitrogen functional groups attached to an aromatic ring is 1. The van der Waals surface area contributed by atoms with E-state index in [4.69, 9.17) is 15.2 Å². The summed E-state index contributed by atoms with van der Waals surface area (Å²) in [4.78, 5) is 14.2. The van der Waals surface area contributed by atoms with Crippen molar-refractivity contribution in [3.63, 3.8) is 0 Å². The Kier molecular flexibility index (Phi) is 3.47. The number of aryl methyl sites for hydroxylation is 2. The third-order valence-corrected chi connectivity index (χ3v) is 4.74. The van der Waals surface area contributed by atoms with Gasteiger partial charge in [-0.25, -0.2) is 0 Å². The highest BCUT2D eigenvalue weighted by atomic mass is 32.1. The van der Waals surface area contributed by atoms with Crippen LogP contribution in [0.5, 0.6) is 11.5 Å². The van der Waals surface area contributed by atoms with Crippen LogP contribution in [-0.4, -0.2) is 12.7 Å². The molecule has 1 amide bonds. The van der Waals surface area contributed by atoms with Crippen LogP contribution in [0.3, 0.4) is 0 Å². The van der Waals surface area contributed by atoms with Crippen molar-refractivity contribution >= 4 is 28.6 Å². The van der Waals surface area contributed by atoms with Gasteiger partial charge >= 0.3 is 0 Å². The number of benzene rings is 1. The van der Waals surface area contributed by atoms with Gasteiger partial charge in [0, 0.05) is 17.0 Å². The third kappa shape index (κ3) is 2.54. The summed E-state index contributed by atoms with van der Waals surface area (Å²) < 4.78 is 10.5. The van der Waals surface area contributed by atoms with Crippen molar-refractivity contribution in [3.05, 3.63) is 33.5 Å². The summed E-state index contributed by atoms with van der Waals surface area (Å²) in [7, 11) is 0. The summed E-state index contributed by atoms with van der Waals surface area (Å²) in [5.74, 6) is 1.04. The van der Waals surface area contributed by atoms with E-state index in [0.717, 1.165) is 12.0 Å². The smallest absolute Gasteiger partial charge is 0.265 e. The predicted octanol–water partition coefficient (Wildman–Crippen LogP) is 3.18. The number of amides is 1. The number of rotatable bonds is 3. The zero-order valence-electron chi connectivity index (χ0n) is 11.9. The number of thiophene rings is 1. The maximum atomic E-state index is 12.3. The minimum absolute atomic E-state index is 0.159. The van der Waals surface area contributed by atoms with Gasteiger partial charge in [0.1, 0.15) is 0 Å². The number of nitrogens with two attached hydrogens (primary N) is 1. The molecule has 110 valence electrons. The molecule has 0 saturated carbocycles. The predicted molar refractivity (Wildman–Crippen MR) is 83.4 cm³/mol. The fourth-order valence-electron chi connectivity index (χ4n) is 2.23. The lowest BCUT2D eigenvalue weighted by Gasteiger charge is -2.08. The molecule has 2 aromatic rings. The molecular weight excluding hydrogens is 288 g/mol. The van der Waals surface area contributed by atoms with Gasteiger partial charge in [-0.2, -0.15) is 0 Å². The zero-order chi connectivity index (χ0) is 15.0. The number of ether oxygens (including phenoxy) is 2. The van der Waals surface area contributed by atoms with E-state index < -0.39 is 0 Å². The molecule has 0 spiro atoms. The Labute approximate surface area is 126 Å². The Morgan fingerprint density at radius 2 is 2.05 bits per heavy atom. The van der Waals surface area contributed by atoms with E-state index >= 15 is 0 Å². The van der Waals surface area contributed by atoms with Crippen LogP contribution in [0, 0.1) is 6.92 Å². The van der Waals surface area contributed by atoms with Crippen LogP contribution in [0.15, 0.2) is 18.2 Å². The highest BCUT2D eigenvalue weighted by Crippen LogP contribution is 2.38. The number of hydrogen-bond donors (Lipinski definition) is 2. The Morgan fingerprint density at radius 3 is 2.71 bits per heavy atom. The SMILES string of the molecule is CCc1sc(C(=O)Nc2cc3c(cc2N)OCO3)cc1C. The van der Waals surface area contributed by atoms with Crippen molar-refractivity contribution < 1.29 is 14.3 Å². The average molecular weight is 304 g/mol. The average Bonchev–Trinajstić information content (AvgIpc) is 3.05. The number of fused-ring (bicyclic) bond motifs is 1. The summed E-state index contributed by atoms with van der Waals surface area (Å²) in [6.07, 6.45) is 0.927. The quantitative estimate of drug-likeness (QED) is 0.854. The molecule has 0 radical (unpaired) electrons. The van der Waals surface area contributed by atoms with Crippen LogP contribution in [0.1, 0.15) is 27.0 Å². The number of anilines is 2. The van der Waals surface area contributed by atoms with Gasteiger partial charge in [-0.1, -0.05) is 6.92 Å². The fourth-order valence-corrected chi connectivity index (χ4v) is 3.24. The van der Waals surface area contributed by atoms with E-state index in [-0.39, 0.29) is 12.7 Å². The number of carbonyl (C=O) groups excluding carboxylic acids is 1. The van der Waals surface area contributed by atoms with Crippen LogP contribution >= 0.6 is 11.3 Å². The Hall–Kier alpha value is -2.21. The van der Waals surface area contributed by atoms with Crippen molar-refractivity contribution in [2.75, 3.05) is 17.8 Å². The van der Waals surface area contributed by atoms with Crippen molar-refractivity contribution in [3.8, 4) is 11.5 Å². The molecule has 0 saturated heterocycles. The van der Waals surface area contributed by atoms with Crippen LogP contribution in [-0.2, 0) is 6.42 Å². The molecule has 1 aliphatic rings. The van der Waals surface area contributed by atoms with E-state index in [1.165, 1.54) is 16.2 Å². The molecule has 3 rings (SSSR count). The lowest BCUT2D eigenvalue weighted by molar-refractivity contribution is 0.103. The molecular formula is C15H16N2O3S. The molecule has 0 unspecified atom stereocenters. The second-order valence-corrected chi connectivity index (χ2v) is 5.95. The maximum Gasteiger partial charge on any atom is 0.265 e. The summed E-state index contributed by atoms with van der Waals surface area (Å²) >= 11 is 1.51. The van der Waals surface area contributed by atoms with Crippen molar-refractivity contribution in [2.45, 2.75) is 20.3 Å². The summed E-state index contributed by atoms with van der Waals surface area (Å²) in [6.45, 7) is 4.27. The second-order valence-electron chi connectivity index (χ2n) is 4.82. The largest absolute Gasteiger partial charge is 0.454 e. The first-order valence-electron chi connectivity index (χ1n) is 6.68. The van der Waals surface area contributed by atoms with Crippen LogP contribution in [0.4, 0.5) is 11.4 Å². The normalized spacial score (nSPS) is 12.5. The molecule has 21 heavy (non-hydrogen) atoms. The molecule has 1 aromatic heterocycles. The van der Waals surface area contributed by atoms with E-state index in [9.17, 15) is 4.79 Å². The molecule has 1 aromatic carbocycles. The number of nitrogens with one attached hydrogen (secondary N) is 1. The van der Waals surface area contributed by atoms with E-state index in [1.54, 1.807) is 12.1 Å². The van der Waals surface area contributed by atoms with Gasteiger partial charge < -0.3 is 20.5 Å². The van der Waals surface area contributed by atoms with Gasteiger partial charge in [0.05, 0.1) is 16.3 Å². The van der Waals surface area contributed by atoms with Gasteiger partial charge in [0.15, 0.2) is 11.5 Å². The van der Waals surface area contributed by atoms with E-state index in [1.807, 2.05) is 13.0 Å². The molecule has 0 fully saturated rings. The first-order chi connectivity index (χ1) is 10.1. The van der Waals surface area contributed by atoms with Crippen molar-refractivity contribution in [2.24, 2.45) is 0 Å². The number of hydrogen-bond acceptors (Lipinski definition) is 5. The highest BCUT2D eigenvalue weighted by Gasteiger charge is 2.18. The first kappa shape index (κ1) is 13.8. The lowest BCUT2D eigenvalue weighted by Crippen LogP contribution is -2.11. The summed E-state index contributed by atoms with van der Waals surface area (Å²) in [5.41, 5.74) is 8.07. The second kappa shape index (κ2) is 5.29. The fraction of sp³-hybridized carbons (Fsp3) is 0.267. The van der Waals surface area contributed by atoms with Gasteiger partial charge in [-0.3, -0.25) is 4.79 Å². The van der Waals surface area contributed by atoms with Crippen LogP contribution in [0.25, 0.3) is 0 Å². The van der Waals surface area contributed by atoms with Gasteiger partial charge in [-0.05, 0) is 25.0 Å². The van der Waals surface area contributed by atoms with Crippen LogP contribution < -0.4 is 20.5 Å². The monoisotopic (exact) mass is 304 g/mol. The molecule has 3 N–H and O–H groups in total. The summed E-state index contributed by atoms with van der Waals surface area (Å²) in [5, 5.41) is 2.83. The molecule has 2 heterocycles. The van der Waals surface area contributed by atoms with Gasteiger partial charge in [0.25, 0.3) is 5.91 Å². The molecule has 0 aliphatic carbocycles. The first-order valence-corrected chi connectivity index (χ1v) is 7.50. The third-order valence-electron chi connectivity index (χ3n) is 3.36. The van der Waals surface area contributed by atoms with Gasteiger partial charge in [-0.15, -0.1) is 11.3 Å². The number of carbonyl (C=O) groups is 1. The standard InChI is InChI=1S/C15H16N2O3S/c1-3-13-8(2)4-14(21-13)15(18)17-10-6-12-11(5-9(10)16)19-7-20-12/h4-6H,3,7,16H2,1-2H3,(H,17,18). The van der Waals surface area contributed by atoms with Crippen molar-refractivity contribution in [1.29, 1.82) is 0 Å². The Morgan fingerprint density at radius 1 is 1.33 bits per heavy atom. The molecule has 0 atom stereocenters. The van der Waals surface area contributed by atoms with E-state index in [0.29, 0.717) is 27.8 Å². The van der Waals surface area contributed by atoms with Crippen LogP contribution in [0.2, 0.25) is 0 Å². The van der Waals surface area contributed by atoms with Gasteiger partial charge in [0.2, 0.25) is 6.79 Å². The molecule has 0 bridgehead atoms. The minimum Gasteiger partial charge on any atom is -0.454 e. The molecule has 5 nitrogen and oxygen atoms in total. The molecule has 6 heteroatoms.